The molecule has 0 spiro atoms. The Morgan fingerprint density at radius 1 is 1.00 bits per heavy atom. The number of nitrogens with zero attached hydrogens (tertiary/aromatic N) is 1. The molecule has 0 bridgehead atoms. The van der Waals surface area contributed by atoms with E-state index in [2.05, 4.69) is 29.6 Å². The number of amides is 1. The summed E-state index contributed by atoms with van der Waals surface area (Å²) in [4.78, 5) is 12.8. The maximum atomic E-state index is 12.8. The van der Waals surface area contributed by atoms with Gasteiger partial charge in [-0.15, -0.1) is 0 Å². The van der Waals surface area contributed by atoms with Crippen molar-refractivity contribution in [3.63, 3.8) is 0 Å². The number of benzene rings is 3. The number of nitrogens with one attached hydrogen (secondary N) is 1. The predicted molar refractivity (Wildman–Crippen MR) is 129 cm³/mol. The highest BCUT2D eigenvalue weighted by Crippen LogP contribution is 2.34. The second kappa shape index (κ2) is 9.17. The molecule has 166 valence electrons. The van der Waals surface area contributed by atoms with Crippen LogP contribution in [0.25, 0.3) is 0 Å². The van der Waals surface area contributed by atoms with Gasteiger partial charge in [0.25, 0.3) is 5.91 Å². The van der Waals surface area contributed by atoms with E-state index in [0.717, 1.165) is 12.0 Å². The molecule has 1 heterocycles. The highest BCUT2D eigenvalue weighted by Gasteiger charge is 2.32. The van der Waals surface area contributed by atoms with Crippen molar-refractivity contribution in [3.8, 4) is 0 Å². The summed E-state index contributed by atoms with van der Waals surface area (Å²) in [7, 11) is -3.34. The van der Waals surface area contributed by atoms with E-state index in [-0.39, 0.29) is 17.9 Å². The van der Waals surface area contributed by atoms with E-state index in [9.17, 15) is 13.2 Å². The lowest BCUT2D eigenvalue weighted by Crippen LogP contribution is -2.34. The highest BCUT2D eigenvalue weighted by molar-refractivity contribution is 7.92. The van der Waals surface area contributed by atoms with E-state index in [4.69, 9.17) is 0 Å². The van der Waals surface area contributed by atoms with Gasteiger partial charge >= 0.3 is 0 Å². The maximum absolute atomic E-state index is 12.8. The van der Waals surface area contributed by atoms with E-state index < -0.39 is 10.0 Å². The van der Waals surface area contributed by atoms with Crippen LogP contribution in [-0.4, -0.2) is 33.2 Å². The number of carbonyl (C=O) groups excluding carboxylic acids is 1. The zero-order valence-corrected chi connectivity index (χ0v) is 19.2. The van der Waals surface area contributed by atoms with Crippen LogP contribution < -0.4 is 9.62 Å². The topological polar surface area (TPSA) is 66.5 Å². The van der Waals surface area contributed by atoms with E-state index in [0.29, 0.717) is 24.2 Å². The molecule has 0 saturated heterocycles. The van der Waals surface area contributed by atoms with Crippen molar-refractivity contribution in [2.75, 3.05) is 17.1 Å². The Morgan fingerprint density at radius 3 is 2.16 bits per heavy atom. The number of hydrogen-bond donors (Lipinski definition) is 1. The zero-order chi connectivity index (χ0) is 22.7. The number of carbonyl (C=O) groups is 1. The largest absolute Gasteiger partial charge is 0.352 e. The Bertz CT molecular complexity index is 1150. The predicted octanol–water partition coefficient (Wildman–Crippen LogP) is 4.35. The van der Waals surface area contributed by atoms with Crippen LogP contribution in [0.3, 0.4) is 0 Å². The number of anilines is 1. The van der Waals surface area contributed by atoms with Crippen molar-refractivity contribution in [3.05, 3.63) is 101 Å². The fourth-order valence-electron chi connectivity index (χ4n) is 4.58. The Labute approximate surface area is 190 Å². The molecule has 32 heavy (non-hydrogen) atoms. The lowest BCUT2D eigenvalue weighted by molar-refractivity contribution is 0.0952. The molecule has 0 radical (unpaired) electrons. The van der Waals surface area contributed by atoms with Crippen LogP contribution in [0.2, 0.25) is 0 Å². The minimum Gasteiger partial charge on any atom is -0.352 e. The third kappa shape index (κ3) is 4.70. The molecule has 1 N–H and O–H groups in total. The summed E-state index contributed by atoms with van der Waals surface area (Å²) in [5, 5.41) is 3.04. The maximum Gasteiger partial charge on any atom is 0.251 e. The fraction of sp³-hybridized carbons (Fsp3) is 0.269. The van der Waals surface area contributed by atoms with Gasteiger partial charge in [-0.1, -0.05) is 60.7 Å². The smallest absolute Gasteiger partial charge is 0.251 e. The number of hydrogen-bond acceptors (Lipinski definition) is 3. The molecule has 3 aromatic rings. The van der Waals surface area contributed by atoms with Crippen LogP contribution >= 0.6 is 0 Å². The first-order valence-electron chi connectivity index (χ1n) is 10.8. The summed E-state index contributed by atoms with van der Waals surface area (Å²) in [6, 6.07) is 25.8. The van der Waals surface area contributed by atoms with Crippen LogP contribution in [0.1, 0.15) is 46.3 Å². The molecule has 0 fully saturated rings. The Kier molecular flexibility index (Phi) is 6.33. The van der Waals surface area contributed by atoms with Gasteiger partial charge < -0.3 is 5.32 Å². The van der Waals surface area contributed by atoms with Gasteiger partial charge in [0, 0.05) is 24.1 Å². The second-order valence-electron chi connectivity index (χ2n) is 8.37. The molecular formula is C26H28N2O3S. The lowest BCUT2D eigenvalue weighted by atomic mass is 9.88. The highest BCUT2D eigenvalue weighted by atomic mass is 32.2. The molecule has 6 heteroatoms. The molecule has 4 rings (SSSR count). The van der Waals surface area contributed by atoms with Crippen LogP contribution in [0.15, 0.2) is 78.9 Å². The van der Waals surface area contributed by atoms with Crippen molar-refractivity contribution in [1.82, 2.24) is 5.32 Å². The van der Waals surface area contributed by atoms with Crippen molar-refractivity contribution in [1.29, 1.82) is 0 Å². The van der Waals surface area contributed by atoms with Crippen LogP contribution in [0, 0.1) is 0 Å². The van der Waals surface area contributed by atoms with E-state index in [1.807, 2.05) is 49.4 Å². The number of fused-ring (bicyclic) bond motifs is 1. The molecule has 1 atom stereocenters. The van der Waals surface area contributed by atoms with Crippen LogP contribution in [0.4, 0.5) is 5.69 Å². The SMILES string of the molecule is C[C@@H]1Cc2cc(C(=O)NCCC(c3ccccc3)c3ccccc3)ccc2N1S(C)(=O)=O. The Hall–Kier alpha value is -3.12. The molecule has 1 aliphatic heterocycles. The summed E-state index contributed by atoms with van der Waals surface area (Å²) in [6.45, 7) is 2.42. The number of sulfonamides is 1. The Morgan fingerprint density at radius 2 is 1.59 bits per heavy atom. The van der Waals surface area contributed by atoms with Gasteiger partial charge in [-0.05, 0) is 54.7 Å². The first-order chi connectivity index (χ1) is 15.3. The molecule has 3 aromatic carbocycles. The first kappa shape index (κ1) is 22.1. The molecule has 0 aliphatic carbocycles. The third-order valence-electron chi connectivity index (χ3n) is 5.97. The second-order valence-corrected chi connectivity index (χ2v) is 10.2. The minimum atomic E-state index is -3.34. The summed E-state index contributed by atoms with van der Waals surface area (Å²) < 4.78 is 25.7. The molecule has 0 saturated carbocycles. The molecule has 1 aliphatic rings. The van der Waals surface area contributed by atoms with Crippen molar-refractivity contribution in [2.45, 2.75) is 31.7 Å². The lowest BCUT2D eigenvalue weighted by Gasteiger charge is -2.22. The quantitative estimate of drug-likeness (QED) is 0.584. The molecule has 0 unspecified atom stereocenters. The minimum absolute atomic E-state index is 0.141. The van der Waals surface area contributed by atoms with E-state index in [1.54, 1.807) is 12.1 Å². The van der Waals surface area contributed by atoms with Gasteiger partial charge in [-0.3, -0.25) is 9.10 Å². The average molecular weight is 449 g/mol. The van der Waals surface area contributed by atoms with Gasteiger partial charge in [0.05, 0.1) is 11.9 Å². The van der Waals surface area contributed by atoms with Gasteiger partial charge in [-0.2, -0.15) is 0 Å². The van der Waals surface area contributed by atoms with Gasteiger partial charge in [0.2, 0.25) is 10.0 Å². The molecule has 1 amide bonds. The van der Waals surface area contributed by atoms with E-state index in [1.165, 1.54) is 21.7 Å². The van der Waals surface area contributed by atoms with Crippen molar-refractivity contribution >= 4 is 21.6 Å². The monoisotopic (exact) mass is 448 g/mol. The summed E-state index contributed by atoms with van der Waals surface area (Å²) >= 11 is 0. The van der Waals surface area contributed by atoms with Crippen molar-refractivity contribution < 1.29 is 13.2 Å². The first-order valence-corrected chi connectivity index (χ1v) is 12.7. The fourth-order valence-corrected chi connectivity index (χ4v) is 5.84. The third-order valence-corrected chi connectivity index (χ3v) is 7.25. The van der Waals surface area contributed by atoms with Gasteiger partial charge in [0.1, 0.15) is 0 Å². The zero-order valence-electron chi connectivity index (χ0n) is 18.4. The summed E-state index contributed by atoms with van der Waals surface area (Å²) in [5.74, 6) is 0.0556. The number of rotatable bonds is 7. The van der Waals surface area contributed by atoms with Crippen molar-refractivity contribution in [2.24, 2.45) is 0 Å². The molecular weight excluding hydrogens is 420 g/mol. The summed E-state index contributed by atoms with van der Waals surface area (Å²) in [6.07, 6.45) is 2.60. The summed E-state index contributed by atoms with van der Waals surface area (Å²) in [5.41, 5.74) is 4.56. The molecule has 5 nitrogen and oxygen atoms in total. The van der Waals surface area contributed by atoms with E-state index >= 15 is 0 Å². The normalized spacial score (nSPS) is 15.6. The Balaban J connectivity index is 1.45. The average Bonchev–Trinajstić information content (AvgIpc) is 3.13. The van der Waals surface area contributed by atoms with Gasteiger partial charge in [0.15, 0.2) is 0 Å². The van der Waals surface area contributed by atoms with Crippen LogP contribution in [-0.2, 0) is 16.4 Å². The standard InChI is InChI=1S/C26H28N2O3S/c1-19-17-23-18-22(13-14-25(23)28(19)32(2,30)31)26(29)27-16-15-24(20-9-5-3-6-10-20)21-11-7-4-8-12-21/h3-14,18-19,24H,15-17H2,1-2H3,(H,27,29)/t19-/m1/s1. The van der Waals surface area contributed by atoms with Gasteiger partial charge in [-0.25, -0.2) is 8.42 Å². The van der Waals surface area contributed by atoms with Crippen LogP contribution in [0.5, 0.6) is 0 Å². The molecule has 0 aromatic heterocycles.